The first-order valence-electron chi connectivity index (χ1n) is 7.15. The molecule has 0 aliphatic rings. The van der Waals surface area contributed by atoms with E-state index in [0.29, 0.717) is 11.0 Å². The molecule has 5 nitrogen and oxygen atoms in total. The van der Waals surface area contributed by atoms with Crippen molar-refractivity contribution in [3.63, 3.8) is 0 Å². The zero-order valence-corrected chi connectivity index (χ0v) is 14.4. The lowest BCUT2D eigenvalue weighted by Crippen LogP contribution is -2.47. The molecular formula is C16H20FNO4S. The highest BCUT2D eigenvalue weighted by Crippen LogP contribution is 2.25. The van der Waals surface area contributed by atoms with Crippen molar-refractivity contribution in [2.24, 2.45) is 0 Å². The Hall–Kier alpha value is -1.89. The molecule has 0 bridgehead atoms. The molecule has 23 heavy (non-hydrogen) atoms. The molecule has 0 N–H and O–H groups in total. The average Bonchev–Trinajstić information content (AvgIpc) is 2.82. The van der Waals surface area contributed by atoms with E-state index in [-0.39, 0.29) is 17.9 Å². The molecule has 1 aromatic carbocycles. The molecule has 0 fully saturated rings. The van der Waals surface area contributed by atoms with Gasteiger partial charge in [-0.15, -0.1) is 0 Å². The predicted octanol–water partition coefficient (Wildman–Crippen LogP) is 2.86. The van der Waals surface area contributed by atoms with Crippen molar-refractivity contribution in [3.05, 3.63) is 35.8 Å². The number of furan rings is 1. The third kappa shape index (κ3) is 4.10. The van der Waals surface area contributed by atoms with Gasteiger partial charge in [-0.2, -0.15) is 0 Å². The fourth-order valence-corrected chi connectivity index (χ4v) is 2.86. The summed E-state index contributed by atoms with van der Waals surface area (Å²) in [5.74, 6) is -1.16. The second-order valence-corrected chi connectivity index (χ2v) is 8.81. The van der Waals surface area contributed by atoms with Crippen LogP contribution in [0.4, 0.5) is 4.39 Å². The van der Waals surface area contributed by atoms with Crippen LogP contribution in [0.25, 0.3) is 11.0 Å². The molecule has 0 atom stereocenters. The van der Waals surface area contributed by atoms with Crippen molar-refractivity contribution in [1.29, 1.82) is 0 Å². The Morgan fingerprint density at radius 3 is 2.52 bits per heavy atom. The summed E-state index contributed by atoms with van der Waals surface area (Å²) in [5, 5.41) is 0.491. The topological polar surface area (TPSA) is 67.6 Å². The van der Waals surface area contributed by atoms with Gasteiger partial charge < -0.3 is 9.32 Å². The number of benzene rings is 1. The Kier molecular flexibility index (Phi) is 4.52. The molecule has 0 aliphatic heterocycles. The number of amides is 1. The molecule has 126 valence electrons. The molecule has 0 radical (unpaired) electrons. The van der Waals surface area contributed by atoms with Gasteiger partial charge in [0.05, 0.1) is 17.6 Å². The van der Waals surface area contributed by atoms with Crippen molar-refractivity contribution in [3.8, 4) is 0 Å². The van der Waals surface area contributed by atoms with Gasteiger partial charge in [0.25, 0.3) is 5.91 Å². The number of sulfone groups is 1. The van der Waals surface area contributed by atoms with Crippen LogP contribution in [0.2, 0.25) is 0 Å². The molecule has 1 heterocycles. The highest BCUT2D eigenvalue weighted by molar-refractivity contribution is 7.90. The smallest absolute Gasteiger partial charge is 0.258 e. The molecule has 1 amide bonds. The Morgan fingerprint density at radius 1 is 1.30 bits per heavy atom. The Bertz CT molecular complexity index is 833. The number of halogens is 1. The van der Waals surface area contributed by atoms with E-state index in [0.717, 1.165) is 12.3 Å². The summed E-state index contributed by atoms with van der Waals surface area (Å²) in [6, 6.07) is 3.98. The molecule has 7 heteroatoms. The lowest BCUT2D eigenvalue weighted by molar-refractivity contribution is 0.0601. The van der Waals surface area contributed by atoms with E-state index < -0.39 is 27.1 Å². The average molecular weight is 341 g/mol. The van der Waals surface area contributed by atoms with E-state index in [4.69, 9.17) is 4.42 Å². The number of hydrogen-bond acceptors (Lipinski definition) is 4. The SMILES string of the molecule is CC(C)(C)N(CCS(C)(=O)=O)C(=O)c1cc(F)cc2ccoc12. The predicted molar refractivity (Wildman–Crippen MR) is 86.7 cm³/mol. The van der Waals surface area contributed by atoms with Gasteiger partial charge >= 0.3 is 0 Å². The van der Waals surface area contributed by atoms with E-state index in [1.165, 1.54) is 17.2 Å². The van der Waals surface area contributed by atoms with Gasteiger partial charge in [-0.05, 0) is 39.0 Å². The molecule has 1 aromatic heterocycles. The summed E-state index contributed by atoms with van der Waals surface area (Å²) in [6.07, 6.45) is 2.50. The maximum Gasteiger partial charge on any atom is 0.258 e. The molecule has 2 rings (SSSR count). The van der Waals surface area contributed by atoms with Crippen LogP contribution in [0.15, 0.2) is 28.9 Å². The molecule has 0 aliphatic carbocycles. The van der Waals surface area contributed by atoms with Crippen LogP contribution in [0, 0.1) is 5.82 Å². The minimum absolute atomic E-state index is 0.0277. The fourth-order valence-electron chi connectivity index (χ4n) is 2.35. The van der Waals surface area contributed by atoms with Gasteiger partial charge in [-0.3, -0.25) is 4.79 Å². The van der Waals surface area contributed by atoms with Crippen LogP contribution in [0.3, 0.4) is 0 Å². The van der Waals surface area contributed by atoms with E-state index in [1.807, 2.05) is 0 Å². The lowest BCUT2D eigenvalue weighted by atomic mass is 10.0. The number of carbonyl (C=O) groups is 1. The van der Waals surface area contributed by atoms with Crippen molar-refractivity contribution >= 4 is 26.7 Å². The van der Waals surface area contributed by atoms with Crippen LogP contribution in [0.5, 0.6) is 0 Å². The zero-order valence-electron chi connectivity index (χ0n) is 13.6. The van der Waals surface area contributed by atoms with E-state index in [9.17, 15) is 17.6 Å². The van der Waals surface area contributed by atoms with E-state index >= 15 is 0 Å². The van der Waals surface area contributed by atoms with Gasteiger partial charge in [0.1, 0.15) is 21.2 Å². The van der Waals surface area contributed by atoms with Gasteiger partial charge in [0, 0.05) is 23.7 Å². The molecule has 0 spiro atoms. The van der Waals surface area contributed by atoms with Crippen LogP contribution in [0.1, 0.15) is 31.1 Å². The highest BCUT2D eigenvalue weighted by atomic mass is 32.2. The first kappa shape index (κ1) is 17.5. The van der Waals surface area contributed by atoms with Crippen LogP contribution < -0.4 is 0 Å². The summed E-state index contributed by atoms with van der Waals surface area (Å²) in [4.78, 5) is 14.3. The summed E-state index contributed by atoms with van der Waals surface area (Å²) < 4.78 is 41.9. The maximum atomic E-state index is 13.8. The summed E-state index contributed by atoms with van der Waals surface area (Å²) in [5.41, 5.74) is -0.231. The van der Waals surface area contributed by atoms with Gasteiger partial charge in [0.2, 0.25) is 0 Å². The number of carbonyl (C=O) groups excluding carboxylic acids is 1. The molecule has 0 unspecified atom stereocenters. The highest BCUT2D eigenvalue weighted by Gasteiger charge is 2.30. The molecule has 0 saturated carbocycles. The molecule has 2 aromatic rings. The van der Waals surface area contributed by atoms with Gasteiger partial charge in [0.15, 0.2) is 0 Å². The van der Waals surface area contributed by atoms with Crippen LogP contribution in [-0.2, 0) is 9.84 Å². The quantitative estimate of drug-likeness (QED) is 0.857. The van der Waals surface area contributed by atoms with Crippen molar-refractivity contribution in [2.75, 3.05) is 18.6 Å². The van der Waals surface area contributed by atoms with Crippen LogP contribution >= 0.6 is 0 Å². The fraction of sp³-hybridized carbons (Fsp3) is 0.438. The number of fused-ring (bicyclic) bond motifs is 1. The normalized spacial score (nSPS) is 12.6. The number of hydrogen-bond donors (Lipinski definition) is 0. The lowest BCUT2D eigenvalue weighted by Gasteiger charge is -2.35. The Labute approximate surface area is 135 Å². The van der Waals surface area contributed by atoms with Gasteiger partial charge in [-0.1, -0.05) is 0 Å². The van der Waals surface area contributed by atoms with Crippen molar-refractivity contribution in [2.45, 2.75) is 26.3 Å². The summed E-state index contributed by atoms with van der Waals surface area (Å²) in [6.45, 7) is 5.42. The Balaban J connectivity index is 2.45. The monoisotopic (exact) mass is 341 g/mol. The van der Waals surface area contributed by atoms with Crippen molar-refractivity contribution < 1.29 is 22.0 Å². The van der Waals surface area contributed by atoms with E-state index in [1.54, 1.807) is 26.8 Å². The third-order valence-corrected chi connectivity index (χ3v) is 4.41. The second kappa shape index (κ2) is 5.96. The minimum Gasteiger partial charge on any atom is -0.464 e. The molecule has 0 saturated heterocycles. The maximum absolute atomic E-state index is 13.8. The first-order chi connectivity index (χ1) is 10.5. The first-order valence-corrected chi connectivity index (χ1v) is 9.21. The largest absolute Gasteiger partial charge is 0.464 e. The van der Waals surface area contributed by atoms with Gasteiger partial charge in [-0.25, -0.2) is 12.8 Å². The zero-order chi connectivity index (χ0) is 17.4. The molecular weight excluding hydrogens is 321 g/mol. The summed E-state index contributed by atoms with van der Waals surface area (Å²) in [7, 11) is -3.23. The number of nitrogens with zero attached hydrogens (tertiary/aromatic N) is 1. The second-order valence-electron chi connectivity index (χ2n) is 6.55. The van der Waals surface area contributed by atoms with Crippen LogP contribution in [-0.4, -0.2) is 43.3 Å². The standard InChI is InChI=1S/C16H20FNO4S/c1-16(2,3)18(6-8-23(4,20)21)15(19)13-10-12(17)9-11-5-7-22-14(11)13/h5,7,9-10H,6,8H2,1-4H3. The number of rotatable bonds is 4. The minimum atomic E-state index is -3.23. The summed E-state index contributed by atoms with van der Waals surface area (Å²) >= 11 is 0. The van der Waals surface area contributed by atoms with Crippen molar-refractivity contribution in [1.82, 2.24) is 4.90 Å². The third-order valence-electron chi connectivity index (χ3n) is 3.49. The van der Waals surface area contributed by atoms with E-state index in [2.05, 4.69) is 0 Å². The Morgan fingerprint density at radius 2 is 1.96 bits per heavy atom.